The Bertz CT molecular complexity index is 627. The van der Waals surface area contributed by atoms with E-state index in [9.17, 15) is 4.79 Å². The average Bonchev–Trinajstić information content (AvgIpc) is 2.97. The highest BCUT2D eigenvalue weighted by atomic mass is 32.1. The Balaban J connectivity index is 1.93. The maximum absolute atomic E-state index is 12.7. The molecule has 0 saturated carbocycles. The predicted molar refractivity (Wildman–Crippen MR) is 100.0 cm³/mol. The molecule has 0 fully saturated rings. The van der Waals surface area contributed by atoms with Crippen LogP contribution in [0, 0.1) is 6.92 Å². The van der Waals surface area contributed by atoms with Gasteiger partial charge in [0.2, 0.25) is 5.91 Å². The lowest BCUT2D eigenvalue weighted by atomic mass is 10.2. The molecule has 0 spiro atoms. The molecule has 2 heterocycles. The topological polar surface area (TPSA) is 36.4 Å². The lowest BCUT2D eigenvalue weighted by Crippen LogP contribution is -2.38. The SMILES string of the molecule is CCCCN(Cc1ccc(C)s1)C(=O)CN(C)Cc1cccnc1. The van der Waals surface area contributed by atoms with Crippen molar-refractivity contribution in [2.75, 3.05) is 20.1 Å². The van der Waals surface area contributed by atoms with Crippen molar-refractivity contribution in [2.45, 2.75) is 39.8 Å². The maximum atomic E-state index is 12.7. The molecule has 2 rings (SSSR count). The number of pyridine rings is 1. The summed E-state index contributed by atoms with van der Waals surface area (Å²) in [6.45, 7) is 6.98. The minimum atomic E-state index is 0.195. The van der Waals surface area contributed by atoms with Crippen LogP contribution in [0.5, 0.6) is 0 Å². The lowest BCUT2D eigenvalue weighted by Gasteiger charge is -2.25. The Morgan fingerprint density at radius 3 is 2.71 bits per heavy atom. The molecule has 0 saturated heterocycles. The summed E-state index contributed by atoms with van der Waals surface area (Å²) in [5.41, 5.74) is 1.13. The standard InChI is InChI=1S/C19H27N3OS/c1-4-5-11-22(14-18-9-8-16(2)24-18)19(23)15-21(3)13-17-7-6-10-20-12-17/h6-10,12H,4-5,11,13-15H2,1-3H3. The van der Waals surface area contributed by atoms with Crippen LogP contribution in [0.4, 0.5) is 0 Å². The monoisotopic (exact) mass is 345 g/mol. The Hall–Kier alpha value is -1.72. The van der Waals surface area contributed by atoms with E-state index in [1.165, 1.54) is 9.75 Å². The van der Waals surface area contributed by atoms with Gasteiger partial charge in [0, 0.05) is 35.2 Å². The van der Waals surface area contributed by atoms with Gasteiger partial charge in [-0.05, 0) is 44.2 Å². The highest BCUT2D eigenvalue weighted by molar-refractivity contribution is 7.11. The summed E-state index contributed by atoms with van der Waals surface area (Å²) in [6, 6.07) is 8.22. The number of aryl methyl sites for hydroxylation is 1. The van der Waals surface area contributed by atoms with Crippen molar-refractivity contribution in [3.8, 4) is 0 Å². The smallest absolute Gasteiger partial charge is 0.237 e. The first-order chi connectivity index (χ1) is 11.6. The van der Waals surface area contributed by atoms with Crippen LogP contribution in [0.1, 0.15) is 35.1 Å². The van der Waals surface area contributed by atoms with E-state index in [4.69, 9.17) is 0 Å². The number of rotatable bonds is 9. The molecule has 0 aliphatic carbocycles. The number of unbranched alkanes of at least 4 members (excludes halogenated alkanes) is 1. The van der Waals surface area contributed by atoms with E-state index >= 15 is 0 Å². The van der Waals surface area contributed by atoms with Gasteiger partial charge in [-0.15, -0.1) is 11.3 Å². The summed E-state index contributed by atoms with van der Waals surface area (Å²) in [5, 5.41) is 0. The second-order valence-corrected chi connectivity index (χ2v) is 7.59. The minimum Gasteiger partial charge on any atom is -0.336 e. The second-order valence-electron chi connectivity index (χ2n) is 6.21. The van der Waals surface area contributed by atoms with Crippen LogP contribution in [-0.2, 0) is 17.9 Å². The van der Waals surface area contributed by atoms with E-state index in [2.05, 4.69) is 35.9 Å². The molecule has 0 radical (unpaired) electrons. The zero-order valence-electron chi connectivity index (χ0n) is 14.9. The van der Waals surface area contributed by atoms with E-state index < -0.39 is 0 Å². The Kier molecular flexibility index (Phi) is 7.40. The van der Waals surface area contributed by atoms with Gasteiger partial charge in [0.1, 0.15) is 0 Å². The molecule has 130 valence electrons. The van der Waals surface area contributed by atoms with Crippen molar-refractivity contribution in [3.05, 3.63) is 52.0 Å². The van der Waals surface area contributed by atoms with E-state index in [-0.39, 0.29) is 5.91 Å². The van der Waals surface area contributed by atoms with Crippen LogP contribution in [0.15, 0.2) is 36.7 Å². The van der Waals surface area contributed by atoms with E-state index in [0.29, 0.717) is 6.54 Å². The van der Waals surface area contributed by atoms with Crippen LogP contribution in [-0.4, -0.2) is 40.8 Å². The predicted octanol–water partition coefficient (Wildman–Crippen LogP) is 3.71. The highest BCUT2D eigenvalue weighted by Gasteiger charge is 2.16. The summed E-state index contributed by atoms with van der Waals surface area (Å²) in [4.78, 5) is 23.5. The van der Waals surface area contributed by atoms with Gasteiger partial charge in [-0.3, -0.25) is 14.7 Å². The van der Waals surface area contributed by atoms with Crippen LogP contribution < -0.4 is 0 Å². The van der Waals surface area contributed by atoms with E-state index in [0.717, 1.165) is 38.0 Å². The first-order valence-corrected chi connectivity index (χ1v) is 9.30. The van der Waals surface area contributed by atoms with Crippen molar-refractivity contribution in [1.82, 2.24) is 14.8 Å². The molecule has 0 N–H and O–H groups in total. The molecule has 2 aromatic rings. The molecular weight excluding hydrogens is 318 g/mol. The number of aromatic nitrogens is 1. The molecule has 0 aliphatic heterocycles. The number of amides is 1. The van der Waals surface area contributed by atoms with Crippen LogP contribution in [0.2, 0.25) is 0 Å². The molecule has 0 unspecified atom stereocenters. The lowest BCUT2D eigenvalue weighted by molar-refractivity contribution is -0.132. The van der Waals surface area contributed by atoms with Crippen molar-refractivity contribution < 1.29 is 4.79 Å². The van der Waals surface area contributed by atoms with Crippen molar-refractivity contribution in [1.29, 1.82) is 0 Å². The first-order valence-electron chi connectivity index (χ1n) is 8.49. The molecule has 1 amide bonds. The van der Waals surface area contributed by atoms with E-state index in [1.54, 1.807) is 17.5 Å². The van der Waals surface area contributed by atoms with Crippen molar-refractivity contribution in [3.63, 3.8) is 0 Å². The van der Waals surface area contributed by atoms with Gasteiger partial charge < -0.3 is 4.90 Å². The fraction of sp³-hybridized carbons (Fsp3) is 0.474. The van der Waals surface area contributed by atoms with Gasteiger partial charge in [-0.25, -0.2) is 0 Å². The van der Waals surface area contributed by atoms with Crippen molar-refractivity contribution >= 4 is 17.2 Å². The summed E-state index contributed by atoms with van der Waals surface area (Å²) in [6.07, 6.45) is 5.76. The molecule has 24 heavy (non-hydrogen) atoms. The van der Waals surface area contributed by atoms with E-state index in [1.807, 2.05) is 30.3 Å². The van der Waals surface area contributed by atoms with Gasteiger partial charge in [0.05, 0.1) is 13.1 Å². The third kappa shape index (κ3) is 6.06. The molecule has 5 heteroatoms. The quantitative estimate of drug-likeness (QED) is 0.695. The average molecular weight is 346 g/mol. The number of hydrogen-bond acceptors (Lipinski definition) is 4. The van der Waals surface area contributed by atoms with Gasteiger partial charge in [-0.1, -0.05) is 19.4 Å². The fourth-order valence-corrected chi connectivity index (χ4v) is 3.50. The summed E-state index contributed by atoms with van der Waals surface area (Å²) in [5.74, 6) is 0.195. The molecule has 0 aliphatic rings. The minimum absolute atomic E-state index is 0.195. The van der Waals surface area contributed by atoms with Gasteiger partial charge in [0.25, 0.3) is 0 Å². The number of carbonyl (C=O) groups excluding carboxylic acids is 1. The number of hydrogen-bond donors (Lipinski definition) is 0. The molecule has 4 nitrogen and oxygen atoms in total. The number of thiophene rings is 1. The van der Waals surface area contributed by atoms with Gasteiger partial charge >= 0.3 is 0 Å². The summed E-state index contributed by atoms with van der Waals surface area (Å²) >= 11 is 1.77. The van der Waals surface area contributed by atoms with Crippen LogP contribution in [0.3, 0.4) is 0 Å². The molecule has 0 aromatic carbocycles. The summed E-state index contributed by atoms with van der Waals surface area (Å²) < 4.78 is 0. The normalized spacial score (nSPS) is 11.0. The molecule has 0 atom stereocenters. The number of carbonyl (C=O) groups is 1. The highest BCUT2D eigenvalue weighted by Crippen LogP contribution is 2.18. The second kappa shape index (κ2) is 9.55. The Morgan fingerprint density at radius 2 is 2.08 bits per heavy atom. The van der Waals surface area contributed by atoms with Crippen molar-refractivity contribution in [2.24, 2.45) is 0 Å². The Labute approximate surface area is 149 Å². The third-order valence-corrected chi connectivity index (χ3v) is 4.84. The zero-order valence-corrected chi connectivity index (χ0v) is 15.7. The number of nitrogens with zero attached hydrogens (tertiary/aromatic N) is 3. The molecule has 0 bridgehead atoms. The molecular formula is C19H27N3OS. The number of likely N-dealkylation sites (N-methyl/N-ethyl adjacent to an activating group) is 1. The third-order valence-electron chi connectivity index (χ3n) is 3.86. The molecule has 2 aromatic heterocycles. The summed E-state index contributed by atoms with van der Waals surface area (Å²) in [7, 11) is 1.98. The van der Waals surface area contributed by atoms with Crippen LogP contribution in [0.25, 0.3) is 0 Å². The fourth-order valence-electron chi connectivity index (χ4n) is 2.59. The maximum Gasteiger partial charge on any atom is 0.237 e. The largest absolute Gasteiger partial charge is 0.336 e. The van der Waals surface area contributed by atoms with Gasteiger partial charge in [-0.2, -0.15) is 0 Å². The Morgan fingerprint density at radius 1 is 1.25 bits per heavy atom. The van der Waals surface area contributed by atoms with Gasteiger partial charge in [0.15, 0.2) is 0 Å². The zero-order chi connectivity index (χ0) is 17.4. The van der Waals surface area contributed by atoms with Crippen LogP contribution >= 0.6 is 11.3 Å². The first kappa shape index (κ1) is 18.6.